The van der Waals surface area contributed by atoms with Gasteiger partial charge in [-0.1, -0.05) is 11.6 Å². The second-order valence-corrected chi connectivity index (χ2v) is 11.2. The number of hydrogen-bond acceptors (Lipinski definition) is 6. The first-order chi connectivity index (χ1) is 16.8. The van der Waals surface area contributed by atoms with Gasteiger partial charge in [0.15, 0.2) is 11.5 Å². The Bertz CT molecular complexity index is 1140. The molecule has 2 saturated heterocycles. The van der Waals surface area contributed by atoms with E-state index in [2.05, 4.69) is 0 Å². The lowest BCUT2D eigenvalue weighted by molar-refractivity contribution is -0.136. The van der Waals surface area contributed by atoms with Crippen molar-refractivity contribution >= 4 is 27.5 Å². The van der Waals surface area contributed by atoms with Crippen molar-refractivity contribution in [3.05, 3.63) is 47.0 Å². The molecule has 2 aliphatic rings. The zero-order chi connectivity index (χ0) is 25.2. The van der Waals surface area contributed by atoms with E-state index in [-0.39, 0.29) is 29.8 Å². The predicted molar refractivity (Wildman–Crippen MR) is 133 cm³/mol. The van der Waals surface area contributed by atoms with E-state index in [1.807, 2.05) is 4.90 Å². The molecule has 4 rings (SSSR count). The summed E-state index contributed by atoms with van der Waals surface area (Å²) in [5, 5.41) is 0.457. The summed E-state index contributed by atoms with van der Waals surface area (Å²) < 4.78 is 44.9. The van der Waals surface area contributed by atoms with Gasteiger partial charge in [-0.15, -0.1) is 0 Å². The number of piperidine rings is 1. The molecular weight excluding hydrogens is 492 g/mol. The molecule has 0 N–H and O–H groups in total. The van der Waals surface area contributed by atoms with Crippen LogP contribution < -0.4 is 14.2 Å². The van der Waals surface area contributed by atoms with Crippen molar-refractivity contribution in [2.45, 2.75) is 30.1 Å². The molecule has 8 nitrogen and oxygen atoms in total. The van der Waals surface area contributed by atoms with Gasteiger partial charge in [-0.05, 0) is 61.2 Å². The Morgan fingerprint density at radius 1 is 0.914 bits per heavy atom. The predicted octanol–water partition coefficient (Wildman–Crippen LogP) is 3.78. The van der Waals surface area contributed by atoms with Crippen LogP contribution in [-0.2, 0) is 14.8 Å². The van der Waals surface area contributed by atoms with Gasteiger partial charge in [-0.25, -0.2) is 8.42 Å². The molecule has 2 aliphatic heterocycles. The molecule has 2 atom stereocenters. The molecule has 10 heteroatoms. The van der Waals surface area contributed by atoms with Gasteiger partial charge in [-0.3, -0.25) is 4.79 Å². The lowest BCUT2D eigenvalue weighted by atomic mass is 9.87. The Balaban J connectivity index is 1.74. The lowest BCUT2D eigenvalue weighted by Crippen LogP contribution is -2.42. The van der Waals surface area contributed by atoms with E-state index in [9.17, 15) is 13.2 Å². The third-order valence-electron chi connectivity index (χ3n) is 6.84. The Hall–Kier alpha value is -2.49. The van der Waals surface area contributed by atoms with Crippen molar-refractivity contribution in [3.8, 4) is 17.2 Å². The van der Waals surface area contributed by atoms with E-state index in [4.69, 9.17) is 25.8 Å². The van der Waals surface area contributed by atoms with Crippen molar-refractivity contribution in [3.63, 3.8) is 0 Å². The molecule has 190 valence electrons. The molecule has 1 amide bonds. The monoisotopic (exact) mass is 522 g/mol. The summed E-state index contributed by atoms with van der Waals surface area (Å²) in [6, 6.07) is 9.70. The average Bonchev–Trinajstić information content (AvgIpc) is 3.34. The molecule has 0 bridgehead atoms. The Kier molecular flexibility index (Phi) is 7.78. The van der Waals surface area contributed by atoms with Gasteiger partial charge >= 0.3 is 0 Å². The van der Waals surface area contributed by atoms with Crippen LogP contribution in [0.4, 0.5) is 0 Å². The average molecular weight is 523 g/mol. The molecule has 35 heavy (non-hydrogen) atoms. The highest BCUT2D eigenvalue weighted by atomic mass is 35.5. The molecule has 0 unspecified atom stereocenters. The molecule has 2 fully saturated rings. The molecule has 2 heterocycles. The maximum absolute atomic E-state index is 13.7. The number of amides is 1. The van der Waals surface area contributed by atoms with Gasteiger partial charge in [-0.2, -0.15) is 4.31 Å². The molecule has 2 aromatic carbocycles. The molecule has 0 radical (unpaired) electrons. The van der Waals surface area contributed by atoms with E-state index in [1.165, 1.54) is 37.8 Å². The smallest absolute Gasteiger partial charge is 0.243 e. The van der Waals surface area contributed by atoms with Crippen LogP contribution in [0, 0.1) is 5.92 Å². The van der Waals surface area contributed by atoms with Crippen LogP contribution in [0.1, 0.15) is 30.7 Å². The Labute approximate surface area is 211 Å². The standard InChI is InChI=1S/C25H31ClN2O6S/c1-32-22-13-17(14-23(33-2)24(22)34-3)20-15-28(35(30,31)19-9-7-18(26)8-10-19)16-21(20)25(29)27-11-5-4-6-12-27/h7-10,13-14,20-21H,4-6,11-12,15-16H2,1-3H3/t20-,21+/m0/s1. The number of carbonyl (C=O) groups is 1. The highest BCUT2D eigenvalue weighted by Gasteiger charge is 2.45. The number of benzene rings is 2. The number of carbonyl (C=O) groups excluding carboxylic acids is 1. The maximum Gasteiger partial charge on any atom is 0.243 e. The molecule has 2 aromatic rings. The highest BCUT2D eigenvalue weighted by Crippen LogP contribution is 2.44. The molecular formula is C25H31ClN2O6S. The van der Waals surface area contributed by atoms with E-state index >= 15 is 0 Å². The first-order valence-corrected chi connectivity index (χ1v) is 13.5. The van der Waals surface area contributed by atoms with Crippen molar-refractivity contribution in [1.29, 1.82) is 0 Å². The van der Waals surface area contributed by atoms with Crippen LogP contribution in [0.25, 0.3) is 0 Å². The Morgan fingerprint density at radius 3 is 2.06 bits per heavy atom. The minimum absolute atomic E-state index is 0.0164. The van der Waals surface area contributed by atoms with E-state index < -0.39 is 15.9 Å². The van der Waals surface area contributed by atoms with Crippen molar-refractivity contribution in [2.24, 2.45) is 5.92 Å². The van der Waals surface area contributed by atoms with Gasteiger partial charge < -0.3 is 19.1 Å². The summed E-state index contributed by atoms with van der Waals surface area (Å²) in [5.74, 6) is 0.451. The third kappa shape index (κ3) is 5.08. The zero-order valence-electron chi connectivity index (χ0n) is 20.2. The minimum atomic E-state index is -3.82. The fourth-order valence-corrected chi connectivity index (χ4v) is 6.59. The second-order valence-electron chi connectivity index (χ2n) is 8.83. The van der Waals surface area contributed by atoms with Gasteiger partial charge in [0.2, 0.25) is 21.7 Å². The van der Waals surface area contributed by atoms with Crippen molar-refractivity contribution in [1.82, 2.24) is 9.21 Å². The number of likely N-dealkylation sites (tertiary alicyclic amines) is 1. The fraction of sp³-hybridized carbons (Fsp3) is 0.480. The highest BCUT2D eigenvalue weighted by molar-refractivity contribution is 7.89. The topological polar surface area (TPSA) is 85.4 Å². The van der Waals surface area contributed by atoms with Crippen LogP contribution in [0.3, 0.4) is 0 Å². The van der Waals surface area contributed by atoms with Gasteiger partial charge in [0.1, 0.15) is 0 Å². The summed E-state index contributed by atoms with van der Waals surface area (Å²) >= 11 is 5.96. The summed E-state index contributed by atoms with van der Waals surface area (Å²) in [4.78, 5) is 15.7. The van der Waals surface area contributed by atoms with Gasteiger partial charge in [0.25, 0.3) is 0 Å². The first kappa shape index (κ1) is 25.6. The van der Waals surface area contributed by atoms with Crippen LogP contribution in [0.15, 0.2) is 41.3 Å². The number of halogens is 1. The first-order valence-electron chi connectivity index (χ1n) is 11.6. The van der Waals surface area contributed by atoms with Crippen LogP contribution in [0.5, 0.6) is 17.2 Å². The molecule has 0 aromatic heterocycles. The second kappa shape index (κ2) is 10.6. The van der Waals surface area contributed by atoms with Crippen LogP contribution >= 0.6 is 11.6 Å². The summed E-state index contributed by atoms with van der Waals surface area (Å²) in [5.41, 5.74) is 0.767. The number of methoxy groups -OCH3 is 3. The van der Waals surface area contributed by atoms with Crippen LogP contribution in [0.2, 0.25) is 5.02 Å². The van der Waals surface area contributed by atoms with E-state index in [1.54, 1.807) is 24.3 Å². The van der Waals surface area contributed by atoms with Crippen LogP contribution in [-0.4, -0.2) is 71.0 Å². The Morgan fingerprint density at radius 2 is 1.51 bits per heavy atom. The summed E-state index contributed by atoms with van der Waals surface area (Å²) in [7, 11) is 0.768. The summed E-state index contributed by atoms with van der Waals surface area (Å²) in [6.45, 7) is 1.65. The van der Waals surface area contributed by atoms with Gasteiger partial charge in [0, 0.05) is 37.1 Å². The fourth-order valence-electron chi connectivity index (χ4n) is 4.97. The third-order valence-corrected chi connectivity index (χ3v) is 8.94. The van der Waals surface area contributed by atoms with Gasteiger partial charge in [0.05, 0.1) is 32.1 Å². The lowest BCUT2D eigenvalue weighted by Gasteiger charge is -2.31. The normalized spacial score (nSPS) is 21.1. The van der Waals surface area contributed by atoms with E-state index in [0.717, 1.165) is 24.8 Å². The van der Waals surface area contributed by atoms with Crippen molar-refractivity contribution < 1.29 is 27.4 Å². The number of ether oxygens (including phenoxy) is 3. The quantitative estimate of drug-likeness (QED) is 0.550. The number of hydrogen-bond donors (Lipinski definition) is 0. The zero-order valence-corrected chi connectivity index (χ0v) is 21.8. The van der Waals surface area contributed by atoms with Crippen molar-refractivity contribution in [2.75, 3.05) is 47.5 Å². The maximum atomic E-state index is 13.7. The molecule has 0 spiro atoms. The largest absolute Gasteiger partial charge is 0.493 e. The SMILES string of the molecule is COc1cc([C@@H]2CN(S(=O)(=O)c3ccc(Cl)cc3)C[C@H]2C(=O)N2CCCCC2)cc(OC)c1OC. The molecule has 0 aliphatic carbocycles. The molecule has 0 saturated carbocycles. The number of rotatable bonds is 7. The number of nitrogens with zero attached hydrogens (tertiary/aromatic N) is 2. The minimum Gasteiger partial charge on any atom is -0.493 e. The summed E-state index contributed by atoms with van der Waals surface area (Å²) in [6.07, 6.45) is 3.02. The van der Waals surface area contributed by atoms with E-state index in [0.29, 0.717) is 35.4 Å². The number of sulfonamides is 1.